The first kappa shape index (κ1) is 17.5. The van der Waals surface area contributed by atoms with Gasteiger partial charge in [-0.25, -0.2) is 9.59 Å². The Morgan fingerprint density at radius 2 is 1.59 bits per heavy atom. The molecule has 118 valence electrons. The minimum Gasteiger partial charge on any atom is -0.490 e. The van der Waals surface area contributed by atoms with E-state index in [0.29, 0.717) is 5.75 Å². The molecule has 5 heteroatoms. The predicted molar refractivity (Wildman–Crippen MR) is 82.4 cm³/mol. The van der Waals surface area contributed by atoms with Gasteiger partial charge in [0.25, 0.3) is 0 Å². The minimum absolute atomic E-state index is 0.0620. The summed E-state index contributed by atoms with van der Waals surface area (Å²) in [6, 6.07) is 9.06. The van der Waals surface area contributed by atoms with Crippen molar-refractivity contribution in [1.82, 2.24) is 0 Å². The zero-order chi connectivity index (χ0) is 16.5. The van der Waals surface area contributed by atoms with Crippen LogP contribution in [0.1, 0.15) is 13.8 Å². The van der Waals surface area contributed by atoms with Crippen LogP contribution in [-0.4, -0.2) is 31.3 Å². The Balaban J connectivity index is 2.60. The molecule has 0 fully saturated rings. The van der Waals surface area contributed by atoms with E-state index in [1.165, 1.54) is 13.8 Å². The molecular weight excluding hydrogens is 284 g/mol. The van der Waals surface area contributed by atoms with Gasteiger partial charge in [-0.3, -0.25) is 0 Å². The standard InChI is InChI=1S/C17H20O5/c1-12(2)16(18)21-11-15(22-17(19)13(3)4)10-20-14-8-6-5-7-9-14/h5-9,15H,1,3,10-11H2,2,4H3. The van der Waals surface area contributed by atoms with Gasteiger partial charge < -0.3 is 14.2 Å². The average Bonchev–Trinajstić information content (AvgIpc) is 2.50. The number of hydrogen-bond donors (Lipinski definition) is 0. The maximum absolute atomic E-state index is 11.6. The molecule has 0 amide bonds. The van der Waals surface area contributed by atoms with Crippen molar-refractivity contribution >= 4 is 11.9 Å². The maximum atomic E-state index is 11.6. The molecule has 1 unspecified atom stereocenters. The predicted octanol–water partition coefficient (Wildman–Crippen LogP) is 2.67. The van der Waals surface area contributed by atoms with E-state index < -0.39 is 18.0 Å². The molecule has 0 N–H and O–H groups in total. The molecule has 1 aromatic rings. The third-order valence-corrected chi connectivity index (χ3v) is 2.55. The molecule has 0 aliphatic rings. The molecule has 0 heterocycles. The van der Waals surface area contributed by atoms with Crippen molar-refractivity contribution in [2.24, 2.45) is 0 Å². The van der Waals surface area contributed by atoms with Crippen molar-refractivity contribution in [3.63, 3.8) is 0 Å². The van der Waals surface area contributed by atoms with Crippen molar-refractivity contribution in [3.8, 4) is 5.75 Å². The Bertz CT molecular complexity index is 547. The van der Waals surface area contributed by atoms with Gasteiger partial charge in [-0.2, -0.15) is 0 Å². The van der Waals surface area contributed by atoms with Crippen molar-refractivity contribution in [2.75, 3.05) is 13.2 Å². The van der Waals surface area contributed by atoms with Gasteiger partial charge in [0.1, 0.15) is 19.0 Å². The van der Waals surface area contributed by atoms with E-state index in [-0.39, 0.29) is 24.4 Å². The number of hydrogen-bond acceptors (Lipinski definition) is 5. The van der Waals surface area contributed by atoms with E-state index in [1.807, 2.05) is 18.2 Å². The van der Waals surface area contributed by atoms with Crippen LogP contribution in [0.15, 0.2) is 54.6 Å². The number of esters is 2. The SMILES string of the molecule is C=C(C)C(=O)OCC(COc1ccccc1)OC(=O)C(=C)C. The third-order valence-electron chi connectivity index (χ3n) is 2.55. The highest BCUT2D eigenvalue weighted by atomic mass is 16.6. The molecule has 0 aliphatic heterocycles. The highest BCUT2D eigenvalue weighted by Gasteiger charge is 2.18. The Labute approximate surface area is 130 Å². The van der Waals surface area contributed by atoms with Crippen molar-refractivity contribution < 1.29 is 23.8 Å². The van der Waals surface area contributed by atoms with Gasteiger partial charge in [-0.1, -0.05) is 31.4 Å². The lowest BCUT2D eigenvalue weighted by atomic mass is 10.3. The summed E-state index contributed by atoms with van der Waals surface area (Å²) in [5.74, 6) is -0.478. The first-order chi connectivity index (χ1) is 10.4. The number of para-hydroxylation sites is 1. The Morgan fingerprint density at radius 3 is 2.14 bits per heavy atom. The summed E-state index contributed by atoms with van der Waals surface area (Å²) >= 11 is 0. The van der Waals surface area contributed by atoms with Crippen LogP contribution < -0.4 is 4.74 Å². The fraction of sp³-hybridized carbons (Fsp3) is 0.294. The summed E-state index contributed by atoms with van der Waals surface area (Å²) in [6.07, 6.45) is -0.729. The molecule has 1 aromatic carbocycles. The van der Waals surface area contributed by atoms with E-state index in [4.69, 9.17) is 14.2 Å². The number of ether oxygens (including phenoxy) is 3. The maximum Gasteiger partial charge on any atom is 0.333 e. The van der Waals surface area contributed by atoms with Gasteiger partial charge in [0, 0.05) is 11.1 Å². The van der Waals surface area contributed by atoms with Gasteiger partial charge in [0.2, 0.25) is 0 Å². The highest BCUT2D eigenvalue weighted by Crippen LogP contribution is 2.10. The van der Waals surface area contributed by atoms with Crippen molar-refractivity contribution in [1.29, 1.82) is 0 Å². The lowest BCUT2D eigenvalue weighted by Gasteiger charge is -2.18. The average molecular weight is 304 g/mol. The summed E-state index contributed by atoms with van der Waals surface area (Å²) in [7, 11) is 0. The first-order valence-corrected chi connectivity index (χ1v) is 6.77. The molecule has 0 bridgehead atoms. The number of carbonyl (C=O) groups excluding carboxylic acids is 2. The molecular formula is C17H20O5. The van der Waals surface area contributed by atoms with Gasteiger partial charge in [0.15, 0.2) is 6.10 Å². The summed E-state index contributed by atoms with van der Waals surface area (Å²) in [5.41, 5.74) is 0.532. The smallest absolute Gasteiger partial charge is 0.333 e. The zero-order valence-electron chi connectivity index (χ0n) is 12.8. The molecule has 1 atom stereocenters. The molecule has 0 saturated heterocycles. The molecule has 0 aromatic heterocycles. The van der Waals surface area contributed by atoms with E-state index in [9.17, 15) is 9.59 Å². The fourth-order valence-electron chi connectivity index (χ4n) is 1.37. The molecule has 0 saturated carbocycles. The monoisotopic (exact) mass is 304 g/mol. The van der Waals surface area contributed by atoms with Gasteiger partial charge in [-0.15, -0.1) is 0 Å². The second-order valence-corrected chi connectivity index (χ2v) is 4.81. The van der Waals surface area contributed by atoms with Crippen LogP contribution in [0, 0.1) is 0 Å². The molecule has 22 heavy (non-hydrogen) atoms. The topological polar surface area (TPSA) is 61.8 Å². The molecule has 0 spiro atoms. The van der Waals surface area contributed by atoms with Crippen LogP contribution in [0.3, 0.4) is 0 Å². The van der Waals surface area contributed by atoms with Crippen molar-refractivity contribution in [3.05, 3.63) is 54.6 Å². The van der Waals surface area contributed by atoms with E-state index in [1.54, 1.807) is 12.1 Å². The van der Waals surface area contributed by atoms with Crippen LogP contribution in [0.25, 0.3) is 0 Å². The Kier molecular flexibility index (Phi) is 6.89. The van der Waals surface area contributed by atoms with E-state index >= 15 is 0 Å². The third kappa shape index (κ3) is 6.26. The normalized spacial score (nSPS) is 11.2. The Morgan fingerprint density at radius 1 is 1.00 bits per heavy atom. The number of carbonyl (C=O) groups is 2. The quantitative estimate of drug-likeness (QED) is 0.546. The van der Waals surface area contributed by atoms with E-state index in [0.717, 1.165) is 0 Å². The van der Waals surface area contributed by atoms with Crippen LogP contribution in [0.2, 0.25) is 0 Å². The number of rotatable bonds is 8. The molecule has 0 radical (unpaired) electrons. The van der Waals surface area contributed by atoms with Gasteiger partial charge >= 0.3 is 11.9 Å². The minimum atomic E-state index is -0.729. The van der Waals surface area contributed by atoms with Crippen LogP contribution in [0.5, 0.6) is 5.75 Å². The summed E-state index contributed by atoms with van der Waals surface area (Å²) in [6.45, 7) is 10.0. The fourth-order valence-corrected chi connectivity index (χ4v) is 1.37. The molecule has 1 rings (SSSR count). The van der Waals surface area contributed by atoms with Crippen molar-refractivity contribution in [2.45, 2.75) is 20.0 Å². The second kappa shape index (κ2) is 8.67. The van der Waals surface area contributed by atoms with Crippen LogP contribution in [-0.2, 0) is 19.1 Å². The highest BCUT2D eigenvalue weighted by molar-refractivity contribution is 5.87. The lowest BCUT2D eigenvalue weighted by Crippen LogP contribution is -2.31. The number of benzene rings is 1. The van der Waals surface area contributed by atoms with Gasteiger partial charge in [0.05, 0.1) is 0 Å². The molecule has 5 nitrogen and oxygen atoms in total. The van der Waals surface area contributed by atoms with Gasteiger partial charge in [-0.05, 0) is 26.0 Å². The van der Waals surface area contributed by atoms with E-state index in [2.05, 4.69) is 13.2 Å². The largest absolute Gasteiger partial charge is 0.490 e. The summed E-state index contributed by atoms with van der Waals surface area (Å²) < 4.78 is 15.7. The zero-order valence-corrected chi connectivity index (χ0v) is 12.8. The van der Waals surface area contributed by atoms with Crippen LogP contribution >= 0.6 is 0 Å². The van der Waals surface area contributed by atoms with Crippen LogP contribution in [0.4, 0.5) is 0 Å². The lowest BCUT2D eigenvalue weighted by molar-refractivity contribution is -0.155. The summed E-state index contributed by atoms with van der Waals surface area (Å²) in [5, 5.41) is 0. The summed E-state index contributed by atoms with van der Waals surface area (Å²) in [4.78, 5) is 23.0. The first-order valence-electron chi connectivity index (χ1n) is 6.77. The molecule has 0 aliphatic carbocycles. The Hall–Kier alpha value is -2.56. The second-order valence-electron chi connectivity index (χ2n) is 4.81.